The maximum absolute atomic E-state index is 12.1. The molecule has 2 aromatic rings. The minimum Gasteiger partial charge on any atom is -0.354 e. The van der Waals surface area contributed by atoms with E-state index >= 15 is 0 Å². The minimum atomic E-state index is -0.0532. The summed E-state index contributed by atoms with van der Waals surface area (Å²) in [7, 11) is 1.82. The number of urea groups is 1. The highest BCUT2D eigenvalue weighted by molar-refractivity contribution is 5.73. The van der Waals surface area contributed by atoms with Crippen LogP contribution in [0.25, 0.3) is 0 Å². The van der Waals surface area contributed by atoms with E-state index in [-0.39, 0.29) is 6.03 Å². The summed E-state index contributed by atoms with van der Waals surface area (Å²) in [4.78, 5) is 13.8. The van der Waals surface area contributed by atoms with Gasteiger partial charge in [-0.2, -0.15) is 0 Å². The lowest BCUT2D eigenvalue weighted by Crippen LogP contribution is -2.36. The fraction of sp³-hybridized carbons (Fsp3) is 0.353. The number of carbonyl (C=O) groups is 1. The highest BCUT2D eigenvalue weighted by Crippen LogP contribution is 2.08. The molecular weight excluding hydrogens is 262 g/mol. The van der Waals surface area contributed by atoms with Crippen molar-refractivity contribution in [3.05, 3.63) is 59.4 Å². The number of hydrogen-bond donors (Lipinski definition) is 1. The van der Waals surface area contributed by atoms with E-state index in [1.807, 2.05) is 31.4 Å². The number of hydrogen-bond acceptors (Lipinski definition) is 1. The number of carbonyl (C=O) groups excluding carboxylic acids is 1. The second-order valence-electron chi connectivity index (χ2n) is 5.29. The molecule has 0 unspecified atom stereocenters. The number of aryl methyl sites for hydroxylation is 2. The predicted octanol–water partition coefficient (Wildman–Crippen LogP) is 3.16. The Hall–Kier alpha value is -2.23. The van der Waals surface area contributed by atoms with Gasteiger partial charge in [0.15, 0.2) is 0 Å². The Kier molecular flexibility index (Phi) is 5.04. The van der Waals surface area contributed by atoms with Crippen LogP contribution in [0.1, 0.15) is 23.6 Å². The van der Waals surface area contributed by atoms with Crippen molar-refractivity contribution in [2.24, 2.45) is 0 Å². The van der Waals surface area contributed by atoms with Crippen LogP contribution >= 0.6 is 0 Å². The molecular formula is C17H23N3O. The first-order valence-electron chi connectivity index (χ1n) is 7.28. The van der Waals surface area contributed by atoms with Crippen LogP contribution in [0, 0.1) is 6.92 Å². The van der Waals surface area contributed by atoms with Gasteiger partial charge in [0, 0.05) is 39.1 Å². The Labute approximate surface area is 126 Å². The molecule has 0 aliphatic carbocycles. The first kappa shape index (κ1) is 15.2. The third kappa shape index (κ3) is 4.12. The first-order valence-corrected chi connectivity index (χ1v) is 7.28. The molecule has 4 heteroatoms. The van der Waals surface area contributed by atoms with Gasteiger partial charge in [0.05, 0.1) is 0 Å². The fourth-order valence-electron chi connectivity index (χ4n) is 2.24. The van der Waals surface area contributed by atoms with Gasteiger partial charge in [-0.05, 0) is 36.6 Å². The lowest BCUT2D eigenvalue weighted by Gasteiger charge is -2.18. The number of benzene rings is 1. The number of nitrogens with one attached hydrogen (secondary N) is 1. The third-order valence-electron chi connectivity index (χ3n) is 3.63. The highest BCUT2D eigenvalue weighted by Gasteiger charge is 2.09. The van der Waals surface area contributed by atoms with Crippen LogP contribution in [0.4, 0.5) is 4.79 Å². The van der Waals surface area contributed by atoms with Crippen molar-refractivity contribution in [1.29, 1.82) is 0 Å². The zero-order valence-corrected chi connectivity index (χ0v) is 13.0. The van der Waals surface area contributed by atoms with Crippen molar-refractivity contribution in [3.63, 3.8) is 0 Å². The van der Waals surface area contributed by atoms with E-state index in [1.54, 1.807) is 4.90 Å². The Morgan fingerprint density at radius 2 is 2.05 bits per heavy atom. The molecule has 0 saturated carbocycles. The molecule has 1 aromatic carbocycles. The smallest absolute Gasteiger partial charge is 0.317 e. The summed E-state index contributed by atoms with van der Waals surface area (Å²) in [6.45, 7) is 6.28. The normalized spacial score (nSPS) is 10.4. The van der Waals surface area contributed by atoms with Crippen molar-refractivity contribution in [2.75, 3.05) is 7.05 Å². The maximum atomic E-state index is 12.1. The van der Waals surface area contributed by atoms with E-state index in [4.69, 9.17) is 0 Å². The summed E-state index contributed by atoms with van der Waals surface area (Å²) in [5, 5.41) is 2.96. The Morgan fingerprint density at radius 1 is 1.29 bits per heavy atom. The Morgan fingerprint density at radius 3 is 2.71 bits per heavy atom. The van der Waals surface area contributed by atoms with Crippen molar-refractivity contribution in [3.8, 4) is 0 Å². The molecule has 0 fully saturated rings. The zero-order valence-electron chi connectivity index (χ0n) is 13.0. The molecule has 0 spiro atoms. The quantitative estimate of drug-likeness (QED) is 0.900. The van der Waals surface area contributed by atoms with Gasteiger partial charge in [-0.25, -0.2) is 4.79 Å². The van der Waals surface area contributed by atoms with Gasteiger partial charge >= 0.3 is 6.03 Å². The number of nitrogens with zero attached hydrogens (tertiary/aromatic N) is 2. The minimum absolute atomic E-state index is 0.0532. The van der Waals surface area contributed by atoms with Crippen molar-refractivity contribution >= 4 is 6.03 Å². The van der Waals surface area contributed by atoms with E-state index in [0.29, 0.717) is 13.1 Å². The van der Waals surface area contributed by atoms with E-state index in [0.717, 1.165) is 17.7 Å². The summed E-state index contributed by atoms with van der Waals surface area (Å²) < 4.78 is 2.11. The fourth-order valence-corrected chi connectivity index (χ4v) is 2.24. The van der Waals surface area contributed by atoms with Crippen molar-refractivity contribution < 1.29 is 4.79 Å². The first-order chi connectivity index (χ1) is 10.1. The summed E-state index contributed by atoms with van der Waals surface area (Å²) >= 11 is 0. The molecule has 2 amide bonds. The van der Waals surface area contributed by atoms with Crippen molar-refractivity contribution in [2.45, 2.75) is 33.5 Å². The Bertz CT molecular complexity index is 604. The summed E-state index contributed by atoms with van der Waals surface area (Å²) in [5.74, 6) is 0. The van der Waals surface area contributed by atoms with Crippen LogP contribution in [-0.4, -0.2) is 22.5 Å². The zero-order chi connectivity index (χ0) is 15.2. The summed E-state index contributed by atoms with van der Waals surface area (Å²) in [6.07, 6.45) is 4.11. The maximum Gasteiger partial charge on any atom is 0.317 e. The van der Waals surface area contributed by atoms with Crippen LogP contribution in [0.2, 0.25) is 0 Å². The van der Waals surface area contributed by atoms with Crippen LogP contribution in [0.15, 0.2) is 42.7 Å². The molecule has 0 saturated heterocycles. The largest absolute Gasteiger partial charge is 0.354 e. The highest BCUT2D eigenvalue weighted by atomic mass is 16.2. The standard InChI is InChI=1S/C17H23N3O/c1-4-20-10-9-15(13-20)12-19(3)17(21)18-11-16-8-6-5-7-14(16)2/h5-10,13H,4,11-12H2,1-3H3,(H,18,21). The molecule has 1 N–H and O–H groups in total. The van der Waals surface area contributed by atoms with E-state index < -0.39 is 0 Å². The summed E-state index contributed by atoms with van der Waals surface area (Å²) in [6, 6.07) is 10.1. The van der Waals surface area contributed by atoms with E-state index in [2.05, 4.69) is 42.1 Å². The number of amides is 2. The number of rotatable bonds is 5. The van der Waals surface area contributed by atoms with Crippen LogP contribution in [-0.2, 0) is 19.6 Å². The van der Waals surface area contributed by atoms with Gasteiger partial charge in [0.1, 0.15) is 0 Å². The number of aromatic nitrogens is 1. The van der Waals surface area contributed by atoms with Crippen LogP contribution in [0.5, 0.6) is 0 Å². The molecule has 0 atom stereocenters. The SMILES string of the molecule is CCn1ccc(CN(C)C(=O)NCc2ccccc2C)c1. The van der Waals surface area contributed by atoms with Gasteiger partial charge in [-0.15, -0.1) is 0 Å². The molecule has 1 heterocycles. The molecule has 0 bridgehead atoms. The molecule has 0 radical (unpaired) electrons. The summed E-state index contributed by atoms with van der Waals surface area (Å²) in [5.41, 5.74) is 3.49. The second kappa shape index (κ2) is 6.97. The lowest BCUT2D eigenvalue weighted by molar-refractivity contribution is 0.206. The van der Waals surface area contributed by atoms with Crippen LogP contribution in [0.3, 0.4) is 0 Å². The molecule has 4 nitrogen and oxygen atoms in total. The van der Waals surface area contributed by atoms with Crippen molar-refractivity contribution in [1.82, 2.24) is 14.8 Å². The average molecular weight is 285 g/mol. The molecule has 0 aliphatic heterocycles. The van der Waals surface area contributed by atoms with Gasteiger partial charge in [0.25, 0.3) is 0 Å². The van der Waals surface area contributed by atoms with Gasteiger partial charge in [0.2, 0.25) is 0 Å². The average Bonchev–Trinajstić information content (AvgIpc) is 2.93. The van der Waals surface area contributed by atoms with Gasteiger partial charge < -0.3 is 14.8 Å². The molecule has 21 heavy (non-hydrogen) atoms. The van der Waals surface area contributed by atoms with Gasteiger partial charge in [-0.3, -0.25) is 0 Å². The molecule has 112 valence electrons. The molecule has 1 aromatic heterocycles. The Balaban J connectivity index is 1.86. The third-order valence-corrected chi connectivity index (χ3v) is 3.63. The molecule has 0 aliphatic rings. The second-order valence-corrected chi connectivity index (χ2v) is 5.29. The van der Waals surface area contributed by atoms with E-state index in [9.17, 15) is 4.79 Å². The predicted molar refractivity (Wildman–Crippen MR) is 85.0 cm³/mol. The van der Waals surface area contributed by atoms with E-state index in [1.165, 1.54) is 5.56 Å². The molecule has 2 rings (SSSR count). The van der Waals surface area contributed by atoms with Crippen LogP contribution < -0.4 is 5.32 Å². The lowest BCUT2D eigenvalue weighted by atomic mass is 10.1. The monoisotopic (exact) mass is 285 g/mol. The van der Waals surface area contributed by atoms with Gasteiger partial charge in [-0.1, -0.05) is 24.3 Å². The topological polar surface area (TPSA) is 37.3 Å².